The van der Waals surface area contributed by atoms with Crippen LogP contribution in [0.25, 0.3) is 16.8 Å². The maximum absolute atomic E-state index is 12.5. The molecule has 4 rings (SSSR count). The first kappa shape index (κ1) is 10.3. The maximum Gasteiger partial charge on any atom is 0.212 e. The van der Waals surface area contributed by atoms with Gasteiger partial charge in [0.2, 0.25) is 5.78 Å². The number of ketones is 1. The highest BCUT2D eigenvalue weighted by molar-refractivity contribution is 6.20. The van der Waals surface area contributed by atoms with Gasteiger partial charge in [-0.05, 0) is 17.7 Å². The molecule has 1 aliphatic rings. The number of benzene rings is 2. The lowest BCUT2D eigenvalue weighted by molar-refractivity contribution is 0.103. The summed E-state index contributed by atoms with van der Waals surface area (Å²) in [4.78, 5) is 12.5. The molecule has 19 heavy (non-hydrogen) atoms. The van der Waals surface area contributed by atoms with Gasteiger partial charge in [-0.25, -0.2) is 4.68 Å². The van der Waals surface area contributed by atoms with Gasteiger partial charge in [0, 0.05) is 11.1 Å². The van der Waals surface area contributed by atoms with E-state index in [9.17, 15) is 4.79 Å². The molecule has 1 aromatic heterocycles. The van der Waals surface area contributed by atoms with Crippen molar-refractivity contribution in [2.45, 2.75) is 0 Å². The van der Waals surface area contributed by atoms with Gasteiger partial charge in [0.15, 0.2) is 0 Å². The molecule has 0 unspecified atom stereocenters. The Hall–Kier alpha value is -2.68. The van der Waals surface area contributed by atoms with E-state index in [4.69, 9.17) is 0 Å². The molecule has 0 aliphatic heterocycles. The van der Waals surface area contributed by atoms with Gasteiger partial charge in [0.05, 0.1) is 11.9 Å². The molecular weight excluding hydrogens is 236 g/mol. The van der Waals surface area contributed by atoms with Crippen LogP contribution in [0.4, 0.5) is 0 Å². The zero-order chi connectivity index (χ0) is 12.8. The number of carbonyl (C=O) groups is 1. The molecule has 0 saturated carbocycles. The predicted molar refractivity (Wildman–Crippen MR) is 72.4 cm³/mol. The second-order valence-corrected chi connectivity index (χ2v) is 4.53. The average Bonchev–Trinajstić information content (AvgIpc) is 3.02. The van der Waals surface area contributed by atoms with Gasteiger partial charge >= 0.3 is 0 Å². The molecule has 0 amide bonds. The largest absolute Gasteiger partial charge is 0.287 e. The minimum atomic E-state index is 0.0481. The average molecular weight is 246 g/mol. The first-order valence-corrected chi connectivity index (χ1v) is 6.14. The fourth-order valence-corrected chi connectivity index (χ4v) is 2.57. The third-order valence-electron chi connectivity index (χ3n) is 3.45. The third-order valence-corrected chi connectivity index (χ3v) is 3.45. The number of nitrogens with zero attached hydrogens (tertiary/aromatic N) is 2. The van der Waals surface area contributed by atoms with E-state index in [0.29, 0.717) is 5.69 Å². The molecule has 0 radical (unpaired) electrons. The Kier molecular flexibility index (Phi) is 1.97. The Morgan fingerprint density at radius 2 is 1.47 bits per heavy atom. The smallest absolute Gasteiger partial charge is 0.212 e. The van der Waals surface area contributed by atoms with E-state index in [0.717, 1.165) is 22.4 Å². The van der Waals surface area contributed by atoms with Crippen LogP contribution in [0, 0.1) is 0 Å². The predicted octanol–water partition coefficient (Wildman–Crippen LogP) is 3.08. The Morgan fingerprint density at radius 1 is 0.789 bits per heavy atom. The molecule has 0 spiro atoms. The highest BCUT2D eigenvalue weighted by Crippen LogP contribution is 2.36. The van der Waals surface area contributed by atoms with Gasteiger partial charge in [-0.3, -0.25) is 4.79 Å². The highest BCUT2D eigenvalue weighted by atomic mass is 16.1. The number of hydrogen-bond acceptors (Lipinski definition) is 2. The Labute approximate surface area is 110 Å². The van der Waals surface area contributed by atoms with Gasteiger partial charge in [0.1, 0.15) is 5.69 Å². The second-order valence-electron chi connectivity index (χ2n) is 4.53. The van der Waals surface area contributed by atoms with Gasteiger partial charge in [-0.15, -0.1) is 0 Å². The van der Waals surface area contributed by atoms with Crippen LogP contribution >= 0.6 is 0 Å². The van der Waals surface area contributed by atoms with Crippen LogP contribution in [0.3, 0.4) is 0 Å². The molecule has 1 aliphatic carbocycles. The van der Waals surface area contributed by atoms with E-state index in [1.165, 1.54) is 0 Å². The van der Waals surface area contributed by atoms with Crippen molar-refractivity contribution in [1.29, 1.82) is 0 Å². The molecule has 3 heteroatoms. The van der Waals surface area contributed by atoms with E-state index < -0.39 is 0 Å². The first-order chi connectivity index (χ1) is 9.36. The maximum atomic E-state index is 12.5. The third kappa shape index (κ3) is 1.32. The van der Waals surface area contributed by atoms with E-state index in [2.05, 4.69) is 5.10 Å². The van der Waals surface area contributed by atoms with E-state index in [-0.39, 0.29) is 5.78 Å². The lowest BCUT2D eigenvalue weighted by atomic mass is 10.1. The van der Waals surface area contributed by atoms with Gasteiger partial charge in [0.25, 0.3) is 0 Å². The number of fused-ring (bicyclic) bond motifs is 3. The van der Waals surface area contributed by atoms with Crippen molar-refractivity contribution in [3.8, 4) is 16.8 Å². The van der Waals surface area contributed by atoms with Crippen molar-refractivity contribution >= 4 is 5.78 Å². The van der Waals surface area contributed by atoms with Crippen molar-refractivity contribution < 1.29 is 4.79 Å². The van der Waals surface area contributed by atoms with Gasteiger partial charge in [-0.2, -0.15) is 5.10 Å². The zero-order valence-corrected chi connectivity index (χ0v) is 10.1. The lowest BCUT2D eigenvalue weighted by Gasteiger charge is -2.04. The Morgan fingerprint density at radius 3 is 2.26 bits per heavy atom. The summed E-state index contributed by atoms with van der Waals surface area (Å²) in [6.45, 7) is 0. The summed E-state index contributed by atoms with van der Waals surface area (Å²) in [6.07, 6.45) is 1.77. The molecule has 3 nitrogen and oxygen atoms in total. The normalized spacial score (nSPS) is 12.3. The van der Waals surface area contributed by atoms with E-state index in [1.54, 1.807) is 10.9 Å². The number of aromatic nitrogens is 2. The lowest BCUT2D eigenvalue weighted by Crippen LogP contribution is -2.07. The van der Waals surface area contributed by atoms with Crippen molar-refractivity contribution in [2.75, 3.05) is 0 Å². The van der Waals surface area contributed by atoms with Crippen LogP contribution < -0.4 is 0 Å². The van der Waals surface area contributed by atoms with Crippen LogP contribution in [0.5, 0.6) is 0 Å². The van der Waals surface area contributed by atoms with Crippen LogP contribution in [0.2, 0.25) is 0 Å². The standard InChI is InChI=1S/C16H10N2O/c19-16-13-9-5-4-8-12(13)14-10-17-18(15(14)16)11-6-2-1-3-7-11/h1-10H. The van der Waals surface area contributed by atoms with Crippen molar-refractivity contribution in [2.24, 2.45) is 0 Å². The molecule has 90 valence electrons. The fourth-order valence-electron chi connectivity index (χ4n) is 2.57. The zero-order valence-electron chi connectivity index (χ0n) is 10.1. The van der Waals surface area contributed by atoms with E-state index >= 15 is 0 Å². The summed E-state index contributed by atoms with van der Waals surface area (Å²) in [5.41, 5.74) is 4.23. The van der Waals surface area contributed by atoms with Crippen molar-refractivity contribution in [3.05, 3.63) is 72.1 Å². The van der Waals surface area contributed by atoms with E-state index in [1.807, 2.05) is 54.6 Å². The molecule has 0 saturated heterocycles. The number of hydrogen-bond donors (Lipinski definition) is 0. The summed E-state index contributed by atoms with van der Waals surface area (Å²) in [5, 5.41) is 4.35. The van der Waals surface area contributed by atoms with Gasteiger partial charge in [-0.1, -0.05) is 42.5 Å². The van der Waals surface area contributed by atoms with Gasteiger partial charge < -0.3 is 0 Å². The summed E-state index contributed by atoms with van der Waals surface area (Å²) in [7, 11) is 0. The van der Waals surface area contributed by atoms with Crippen LogP contribution in [-0.4, -0.2) is 15.6 Å². The van der Waals surface area contributed by atoms with Crippen molar-refractivity contribution in [3.63, 3.8) is 0 Å². The number of rotatable bonds is 1. The summed E-state index contributed by atoms with van der Waals surface area (Å²) in [6, 6.07) is 17.4. The minimum Gasteiger partial charge on any atom is -0.287 e. The molecule has 0 atom stereocenters. The quantitative estimate of drug-likeness (QED) is 0.517. The van der Waals surface area contributed by atoms with Crippen molar-refractivity contribution in [1.82, 2.24) is 9.78 Å². The molecule has 3 aromatic rings. The number of carbonyl (C=O) groups excluding carboxylic acids is 1. The Balaban J connectivity index is 1.98. The monoisotopic (exact) mass is 246 g/mol. The fraction of sp³-hybridized carbons (Fsp3) is 0. The first-order valence-electron chi connectivity index (χ1n) is 6.14. The molecule has 0 bridgehead atoms. The summed E-state index contributed by atoms with van der Waals surface area (Å²) < 4.78 is 1.72. The van der Waals surface area contributed by atoms with Crippen LogP contribution in [0.1, 0.15) is 16.1 Å². The SMILES string of the molecule is O=C1c2ccccc2-c2cnn(-c3ccccc3)c21. The second kappa shape index (κ2) is 3.65. The van der Waals surface area contributed by atoms with Crippen LogP contribution in [0.15, 0.2) is 60.8 Å². The summed E-state index contributed by atoms with van der Waals surface area (Å²) in [5.74, 6) is 0.0481. The molecule has 2 aromatic carbocycles. The number of para-hydroxylation sites is 1. The van der Waals surface area contributed by atoms with Crippen LogP contribution in [-0.2, 0) is 0 Å². The molecule has 0 N–H and O–H groups in total. The Bertz CT molecular complexity index is 788. The molecule has 1 heterocycles. The highest BCUT2D eigenvalue weighted by Gasteiger charge is 2.31. The minimum absolute atomic E-state index is 0.0481. The summed E-state index contributed by atoms with van der Waals surface area (Å²) >= 11 is 0. The molecular formula is C16H10N2O. The topological polar surface area (TPSA) is 34.9 Å². The molecule has 0 fully saturated rings.